The summed E-state index contributed by atoms with van der Waals surface area (Å²) >= 11 is 0. The van der Waals surface area contributed by atoms with Gasteiger partial charge in [-0.1, -0.05) is 262 Å². The second-order valence-electron chi connectivity index (χ2n) is 20.2. The van der Waals surface area contributed by atoms with E-state index in [1.165, 1.54) is 70.6 Å². The summed E-state index contributed by atoms with van der Waals surface area (Å²) < 4.78 is 16.8. The molecule has 0 heterocycles. The molecule has 0 radical (unpaired) electrons. The molecule has 0 saturated heterocycles. The zero-order valence-electron chi connectivity index (χ0n) is 50.6. The molecule has 0 aliphatic heterocycles. The van der Waals surface area contributed by atoms with Gasteiger partial charge in [-0.3, -0.25) is 14.4 Å². The standard InChI is InChI=1S/C73H114O6/c1-4-7-10-13-16-19-22-25-28-30-31-32-33-34-35-36-37-38-39-40-41-43-45-48-51-54-57-60-63-66-72(75)78-69-70(68-77-71(74)65-62-59-56-53-50-47-44-27-24-21-18-15-12-9-6-3)79-73(76)67-64-61-58-55-52-49-46-42-29-26-23-20-17-14-11-8-5-2/h7-12,16-21,25-29,31-32,34-35,44,46,49-50,53,55,58,70H,4-6,13-15,22-24,30,33,36-43,45,47-48,51-52,54,56-57,59-69H2,1-3H3/b10-7-,11-8-,12-9-,19-16-,20-17-,21-18-,28-25-,29-26-,32-31-,35-34-,44-27-,49-46-,53-50-,58-55-. The van der Waals surface area contributed by atoms with Gasteiger partial charge in [0.25, 0.3) is 0 Å². The van der Waals surface area contributed by atoms with Gasteiger partial charge in [0.2, 0.25) is 0 Å². The van der Waals surface area contributed by atoms with Gasteiger partial charge in [0.1, 0.15) is 13.2 Å². The first-order valence-corrected chi connectivity index (χ1v) is 31.6. The van der Waals surface area contributed by atoms with E-state index in [4.69, 9.17) is 14.2 Å². The number of hydrogen-bond donors (Lipinski definition) is 0. The summed E-state index contributed by atoms with van der Waals surface area (Å²) in [7, 11) is 0. The second kappa shape index (κ2) is 65.3. The van der Waals surface area contributed by atoms with Crippen LogP contribution in [0.2, 0.25) is 0 Å². The van der Waals surface area contributed by atoms with Gasteiger partial charge in [-0.2, -0.15) is 0 Å². The van der Waals surface area contributed by atoms with Crippen LogP contribution < -0.4 is 0 Å². The molecule has 0 rings (SSSR count). The van der Waals surface area contributed by atoms with Gasteiger partial charge in [0.15, 0.2) is 6.10 Å². The number of unbranched alkanes of at least 4 members (excludes halogenated alkanes) is 16. The van der Waals surface area contributed by atoms with E-state index in [0.717, 1.165) is 128 Å². The van der Waals surface area contributed by atoms with Crippen LogP contribution in [0.25, 0.3) is 0 Å². The predicted molar refractivity (Wildman–Crippen MR) is 343 cm³/mol. The van der Waals surface area contributed by atoms with E-state index in [1.54, 1.807) is 0 Å². The highest BCUT2D eigenvalue weighted by Crippen LogP contribution is 2.15. The third-order valence-corrected chi connectivity index (χ3v) is 12.7. The number of ether oxygens (including phenoxy) is 3. The van der Waals surface area contributed by atoms with E-state index in [1.807, 2.05) is 0 Å². The van der Waals surface area contributed by atoms with Crippen molar-refractivity contribution < 1.29 is 28.6 Å². The zero-order valence-corrected chi connectivity index (χ0v) is 50.6. The summed E-state index contributed by atoms with van der Waals surface area (Å²) in [4.78, 5) is 38.3. The molecule has 6 nitrogen and oxygen atoms in total. The molecule has 6 heteroatoms. The van der Waals surface area contributed by atoms with E-state index < -0.39 is 6.10 Å². The van der Waals surface area contributed by atoms with Crippen molar-refractivity contribution in [3.8, 4) is 0 Å². The molecule has 0 spiro atoms. The lowest BCUT2D eigenvalue weighted by Gasteiger charge is -2.18. The fraction of sp³-hybridized carbons (Fsp3) is 0.575. The molecule has 79 heavy (non-hydrogen) atoms. The van der Waals surface area contributed by atoms with Crippen LogP contribution in [0, 0.1) is 0 Å². The smallest absolute Gasteiger partial charge is 0.306 e. The molecule has 0 bridgehead atoms. The second-order valence-corrected chi connectivity index (χ2v) is 20.2. The molecule has 0 aromatic heterocycles. The first-order valence-electron chi connectivity index (χ1n) is 31.6. The van der Waals surface area contributed by atoms with E-state index in [2.05, 4.69) is 191 Å². The van der Waals surface area contributed by atoms with Crippen molar-refractivity contribution >= 4 is 17.9 Å². The van der Waals surface area contributed by atoms with Crippen molar-refractivity contribution in [1.29, 1.82) is 0 Å². The fourth-order valence-corrected chi connectivity index (χ4v) is 8.08. The lowest BCUT2D eigenvalue weighted by atomic mass is 10.0. The summed E-state index contributed by atoms with van der Waals surface area (Å²) in [5.41, 5.74) is 0. The Hall–Kier alpha value is -5.23. The van der Waals surface area contributed by atoms with Crippen molar-refractivity contribution in [2.24, 2.45) is 0 Å². The van der Waals surface area contributed by atoms with E-state index in [-0.39, 0.29) is 44.0 Å². The van der Waals surface area contributed by atoms with Crippen molar-refractivity contribution in [1.82, 2.24) is 0 Å². The Morgan fingerprint density at radius 3 is 0.772 bits per heavy atom. The minimum absolute atomic E-state index is 0.121. The van der Waals surface area contributed by atoms with Gasteiger partial charge in [-0.15, -0.1) is 0 Å². The zero-order chi connectivity index (χ0) is 57.1. The van der Waals surface area contributed by atoms with E-state index in [0.29, 0.717) is 19.3 Å². The summed E-state index contributed by atoms with van der Waals surface area (Å²) in [6, 6.07) is 0. The molecular weight excluding hydrogens is 973 g/mol. The third kappa shape index (κ3) is 63.5. The summed E-state index contributed by atoms with van der Waals surface area (Å²) in [5.74, 6) is -1.03. The average Bonchev–Trinajstić information content (AvgIpc) is 3.45. The number of allylic oxidation sites excluding steroid dienone is 28. The lowest BCUT2D eigenvalue weighted by molar-refractivity contribution is -0.167. The monoisotopic (exact) mass is 1090 g/mol. The topological polar surface area (TPSA) is 78.9 Å². The van der Waals surface area contributed by atoms with Gasteiger partial charge < -0.3 is 14.2 Å². The number of esters is 3. The third-order valence-electron chi connectivity index (χ3n) is 12.7. The quantitative estimate of drug-likeness (QED) is 0.0261. The van der Waals surface area contributed by atoms with Crippen LogP contribution in [0.15, 0.2) is 170 Å². The molecule has 1 atom stereocenters. The highest BCUT2D eigenvalue weighted by atomic mass is 16.6. The average molecular weight is 1090 g/mol. The van der Waals surface area contributed by atoms with E-state index >= 15 is 0 Å². The van der Waals surface area contributed by atoms with Crippen LogP contribution in [0.3, 0.4) is 0 Å². The molecular formula is C73H114O6. The molecule has 0 aromatic rings. The Bertz CT molecular complexity index is 1820. The molecule has 0 saturated carbocycles. The van der Waals surface area contributed by atoms with Crippen LogP contribution in [0.5, 0.6) is 0 Å². The maximum absolute atomic E-state index is 12.9. The maximum atomic E-state index is 12.9. The Kier molecular flexibility index (Phi) is 61.0. The Balaban J connectivity index is 4.41. The van der Waals surface area contributed by atoms with Gasteiger partial charge in [0, 0.05) is 19.3 Å². The number of carbonyl (C=O) groups is 3. The Labute approximate surface area is 485 Å². The van der Waals surface area contributed by atoms with Crippen molar-refractivity contribution in [2.45, 2.75) is 258 Å². The first kappa shape index (κ1) is 73.8. The molecule has 1 unspecified atom stereocenters. The highest BCUT2D eigenvalue weighted by Gasteiger charge is 2.19. The van der Waals surface area contributed by atoms with Crippen molar-refractivity contribution in [3.05, 3.63) is 170 Å². The van der Waals surface area contributed by atoms with Gasteiger partial charge in [-0.25, -0.2) is 0 Å². The Morgan fingerprint density at radius 1 is 0.253 bits per heavy atom. The highest BCUT2D eigenvalue weighted by molar-refractivity contribution is 5.71. The lowest BCUT2D eigenvalue weighted by Crippen LogP contribution is -2.30. The molecule has 0 N–H and O–H groups in total. The van der Waals surface area contributed by atoms with Crippen LogP contribution in [-0.2, 0) is 28.6 Å². The van der Waals surface area contributed by atoms with Crippen molar-refractivity contribution in [3.63, 3.8) is 0 Å². The first-order chi connectivity index (χ1) is 39.0. The minimum atomic E-state index is -0.835. The number of carbonyl (C=O) groups excluding carboxylic acids is 3. The minimum Gasteiger partial charge on any atom is -0.462 e. The molecule has 0 fully saturated rings. The fourth-order valence-electron chi connectivity index (χ4n) is 8.08. The summed E-state index contributed by atoms with van der Waals surface area (Å²) in [6.45, 7) is 6.21. The molecule has 0 amide bonds. The van der Waals surface area contributed by atoms with Crippen molar-refractivity contribution in [2.75, 3.05) is 13.2 Å². The summed E-state index contributed by atoms with van der Waals surface area (Å²) in [5, 5.41) is 0. The van der Waals surface area contributed by atoms with Crippen LogP contribution in [-0.4, -0.2) is 37.2 Å². The normalized spacial score (nSPS) is 13.3. The van der Waals surface area contributed by atoms with E-state index in [9.17, 15) is 14.4 Å². The van der Waals surface area contributed by atoms with Crippen LogP contribution in [0.1, 0.15) is 252 Å². The molecule has 0 aliphatic carbocycles. The number of hydrogen-bond acceptors (Lipinski definition) is 6. The van der Waals surface area contributed by atoms with Crippen LogP contribution in [0.4, 0.5) is 0 Å². The molecule has 0 aromatic carbocycles. The largest absolute Gasteiger partial charge is 0.462 e. The predicted octanol–water partition coefficient (Wildman–Crippen LogP) is 21.9. The maximum Gasteiger partial charge on any atom is 0.306 e. The summed E-state index contributed by atoms with van der Waals surface area (Å²) in [6.07, 6.45) is 96.6. The molecule has 442 valence electrons. The van der Waals surface area contributed by atoms with Crippen LogP contribution >= 0.6 is 0 Å². The van der Waals surface area contributed by atoms with Gasteiger partial charge in [-0.05, 0) is 141 Å². The SMILES string of the molecule is CC/C=C\C/C=C\C/C=C\C/C=C\C/C=C\CCCCCCCCCCCCCCCC(=O)OCC(COC(=O)CCCC/C=C\C/C=C\C/C=C\C/C=C\CC)OC(=O)CCC/C=C\C/C=C\C/C=C\C/C=C\C/C=C\CC. The van der Waals surface area contributed by atoms with Gasteiger partial charge >= 0.3 is 17.9 Å². The number of rotatable bonds is 55. The Morgan fingerprint density at radius 2 is 0.468 bits per heavy atom. The molecule has 0 aliphatic rings. The van der Waals surface area contributed by atoms with Gasteiger partial charge in [0.05, 0.1) is 0 Å².